The van der Waals surface area contributed by atoms with Gasteiger partial charge in [-0.3, -0.25) is 4.79 Å². The molecule has 1 saturated heterocycles. The molecular formula is C19H24N4O5. The summed E-state index contributed by atoms with van der Waals surface area (Å²) in [7, 11) is 0. The Bertz CT molecular complexity index is 812. The summed E-state index contributed by atoms with van der Waals surface area (Å²) in [4.78, 5) is 23.2. The minimum Gasteiger partial charge on any atom is -0.494 e. The van der Waals surface area contributed by atoms with Crippen molar-refractivity contribution in [1.82, 2.24) is 20.3 Å². The summed E-state index contributed by atoms with van der Waals surface area (Å²) in [5.74, 6) is -0.611. The number of carbonyl (C=O) groups is 2. The first-order chi connectivity index (χ1) is 13.5. The van der Waals surface area contributed by atoms with Gasteiger partial charge < -0.3 is 19.9 Å². The molecule has 0 saturated carbocycles. The zero-order valence-corrected chi connectivity index (χ0v) is 15.8. The molecule has 2 heterocycles. The average Bonchev–Trinajstić information content (AvgIpc) is 3.17. The number of carboxylic acid groups (broad SMARTS) is 1. The van der Waals surface area contributed by atoms with E-state index in [-0.39, 0.29) is 23.6 Å². The zero-order valence-electron chi connectivity index (χ0n) is 15.8. The monoisotopic (exact) mass is 388 g/mol. The van der Waals surface area contributed by atoms with Crippen LogP contribution >= 0.6 is 0 Å². The molecule has 0 spiro atoms. The standard InChI is InChI=1S/C19H24N4O5/c1-2-28-15-5-3-14(4-6-15)19(7-9-27-10-8-19)13-20-17(24)12-23-11-16(18(25)26)21-22-23/h3-6,11H,2,7-10,12-13H2,1H3,(H,20,24)(H,25,26). The zero-order chi connectivity index (χ0) is 20.0. The number of nitrogens with zero attached hydrogens (tertiary/aromatic N) is 3. The largest absolute Gasteiger partial charge is 0.494 e. The molecule has 9 nitrogen and oxygen atoms in total. The number of hydrogen-bond acceptors (Lipinski definition) is 6. The predicted molar refractivity (Wildman–Crippen MR) is 99.3 cm³/mol. The molecule has 0 unspecified atom stereocenters. The number of rotatable bonds is 8. The molecule has 9 heteroatoms. The highest BCUT2D eigenvalue weighted by Gasteiger charge is 2.35. The molecule has 1 amide bonds. The second-order valence-electron chi connectivity index (χ2n) is 6.73. The van der Waals surface area contributed by atoms with E-state index >= 15 is 0 Å². The first-order valence-electron chi connectivity index (χ1n) is 9.23. The number of aromatic carboxylic acids is 1. The molecule has 3 rings (SSSR count). The minimum atomic E-state index is -1.18. The van der Waals surface area contributed by atoms with Gasteiger partial charge in [-0.25, -0.2) is 9.48 Å². The Balaban J connectivity index is 1.66. The van der Waals surface area contributed by atoms with Crippen LogP contribution in [0.2, 0.25) is 0 Å². The van der Waals surface area contributed by atoms with Crippen LogP contribution < -0.4 is 10.1 Å². The Kier molecular flexibility index (Phi) is 6.25. The fraction of sp³-hybridized carbons (Fsp3) is 0.474. The molecule has 150 valence electrons. The fourth-order valence-electron chi connectivity index (χ4n) is 3.35. The molecule has 2 N–H and O–H groups in total. The molecule has 1 aliphatic rings. The van der Waals surface area contributed by atoms with Gasteiger partial charge in [0.05, 0.1) is 12.8 Å². The third kappa shape index (κ3) is 4.66. The van der Waals surface area contributed by atoms with Gasteiger partial charge in [0.25, 0.3) is 0 Å². The highest BCUT2D eigenvalue weighted by Crippen LogP contribution is 2.35. The fourth-order valence-corrected chi connectivity index (χ4v) is 3.35. The van der Waals surface area contributed by atoms with E-state index in [2.05, 4.69) is 15.6 Å². The number of nitrogens with one attached hydrogen (secondary N) is 1. The maximum Gasteiger partial charge on any atom is 0.358 e. The summed E-state index contributed by atoms with van der Waals surface area (Å²) >= 11 is 0. The molecular weight excluding hydrogens is 364 g/mol. The Morgan fingerprint density at radius 2 is 2.00 bits per heavy atom. The van der Waals surface area contributed by atoms with Crippen LogP contribution in [-0.2, 0) is 21.5 Å². The highest BCUT2D eigenvalue weighted by molar-refractivity contribution is 5.84. The third-order valence-corrected chi connectivity index (χ3v) is 4.91. The summed E-state index contributed by atoms with van der Waals surface area (Å²) in [6, 6.07) is 7.97. The maximum absolute atomic E-state index is 12.3. The van der Waals surface area contributed by atoms with Gasteiger partial charge in [-0.15, -0.1) is 5.10 Å². The van der Waals surface area contributed by atoms with E-state index in [0.29, 0.717) is 26.4 Å². The minimum absolute atomic E-state index is 0.0872. The van der Waals surface area contributed by atoms with Gasteiger partial charge in [-0.2, -0.15) is 0 Å². The Hall–Kier alpha value is -2.94. The lowest BCUT2D eigenvalue weighted by Crippen LogP contribution is -2.45. The van der Waals surface area contributed by atoms with Crippen molar-refractivity contribution < 1.29 is 24.2 Å². The molecule has 1 fully saturated rings. The summed E-state index contributed by atoms with van der Waals surface area (Å²) < 4.78 is 12.2. The Morgan fingerprint density at radius 1 is 1.29 bits per heavy atom. The Labute approximate surface area is 162 Å². The second-order valence-corrected chi connectivity index (χ2v) is 6.73. The van der Waals surface area contributed by atoms with Crippen LogP contribution in [0, 0.1) is 0 Å². The van der Waals surface area contributed by atoms with Gasteiger partial charge in [-0.05, 0) is 37.5 Å². The van der Waals surface area contributed by atoms with Gasteiger partial charge >= 0.3 is 5.97 Å². The lowest BCUT2D eigenvalue weighted by Gasteiger charge is -2.38. The van der Waals surface area contributed by atoms with Crippen molar-refractivity contribution in [2.45, 2.75) is 31.7 Å². The maximum atomic E-state index is 12.3. The van der Waals surface area contributed by atoms with Crippen LogP contribution in [0.4, 0.5) is 0 Å². The Morgan fingerprint density at radius 3 is 2.61 bits per heavy atom. The molecule has 1 aromatic heterocycles. The molecule has 1 aromatic carbocycles. The highest BCUT2D eigenvalue weighted by atomic mass is 16.5. The number of carbonyl (C=O) groups excluding carboxylic acids is 1. The van der Waals surface area contributed by atoms with Gasteiger partial charge in [0.15, 0.2) is 5.69 Å². The van der Waals surface area contributed by atoms with Crippen molar-refractivity contribution in [2.24, 2.45) is 0 Å². The van der Waals surface area contributed by atoms with E-state index in [1.54, 1.807) is 0 Å². The lowest BCUT2D eigenvalue weighted by atomic mass is 9.74. The molecule has 1 aliphatic heterocycles. The number of hydrogen-bond donors (Lipinski definition) is 2. The molecule has 0 atom stereocenters. The quantitative estimate of drug-likeness (QED) is 0.699. The van der Waals surface area contributed by atoms with Crippen molar-refractivity contribution in [1.29, 1.82) is 0 Å². The number of ether oxygens (including phenoxy) is 2. The van der Waals surface area contributed by atoms with Gasteiger partial charge in [0.2, 0.25) is 5.91 Å². The van der Waals surface area contributed by atoms with Crippen LogP contribution in [0.1, 0.15) is 35.8 Å². The van der Waals surface area contributed by atoms with Crippen molar-refractivity contribution in [3.8, 4) is 5.75 Å². The van der Waals surface area contributed by atoms with Crippen LogP contribution in [0.15, 0.2) is 30.5 Å². The van der Waals surface area contributed by atoms with E-state index < -0.39 is 5.97 Å². The van der Waals surface area contributed by atoms with Gasteiger partial charge in [0.1, 0.15) is 12.3 Å². The van der Waals surface area contributed by atoms with Crippen molar-refractivity contribution in [3.63, 3.8) is 0 Å². The number of carboxylic acids is 1. The van der Waals surface area contributed by atoms with Crippen molar-refractivity contribution in [3.05, 3.63) is 41.7 Å². The summed E-state index contributed by atoms with van der Waals surface area (Å²) in [5, 5.41) is 19.0. The first kappa shape index (κ1) is 19.8. The van der Waals surface area contributed by atoms with E-state index in [9.17, 15) is 9.59 Å². The topological polar surface area (TPSA) is 116 Å². The summed E-state index contributed by atoms with van der Waals surface area (Å²) in [6.07, 6.45) is 2.83. The normalized spacial score (nSPS) is 15.8. The SMILES string of the molecule is CCOc1ccc(C2(CNC(=O)Cn3cc(C(=O)O)nn3)CCOCC2)cc1. The van der Waals surface area contributed by atoms with Gasteiger partial charge in [0, 0.05) is 25.2 Å². The summed E-state index contributed by atoms with van der Waals surface area (Å²) in [5.41, 5.74) is 0.726. The van der Waals surface area contributed by atoms with E-state index in [1.165, 1.54) is 10.9 Å². The van der Waals surface area contributed by atoms with Crippen LogP contribution in [-0.4, -0.2) is 58.3 Å². The molecule has 28 heavy (non-hydrogen) atoms. The molecule has 0 bridgehead atoms. The van der Waals surface area contributed by atoms with Crippen LogP contribution in [0.5, 0.6) is 5.75 Å². The van der Waals surface area contributed by atoms with Crippen LogP contribution in [0.3, 0.4) is 0 Å². The van der Waals surface area contributed by atoms with E-state index in [1.807, 2.05) is 31.2 Å². The molecule has 0 radical (unpaired) electrons. The molecule has 0 aliphatic carbocycles. The predicted octanol–water partition coefficient (Wildman–Crippen LogP) is 1.24. The van der Waals surface area contributed by atoms with Crippen molar-refractivity contribution in [2.75, 3.05) is 26.4 Å². The number of amides is 1. The third-order valence-electron chi connectivity index (χ3n) is 4.91. The lowest BCUT2D eigenvalue weighted by molar-refractivity contribution is -0.122. The average molecular weight is 388 g/mol. The van der Waals surface area contributed by atoms with Gasteiger partial charge in [-0.1, -0.05) is 17.3 Å². The van der Waals surface area contributed by atoms with Crippen molar-refractivity contribution >= 4 is 11.9 Å². The van der Waals surface area contributed by atoms with Crippen LogP contribution in [0.25, 0.3) is 0 Å². The van der Waals surface area contributed by atoms with E-state index in [0.717, 1.165) is 24.2 Å². The first-order valence-corrected chi connectivity index (χ1v) is 9.23. The van der Waals surface area contributed by atoms with E-state index in [4.69, 9.17) is 14.6 Å². The summed E-state index contributed by atoms with van der Waals surface area (Å²) in [6.45, 7) is 4.19. The number of aromatic nitrogens is 3. The second kappa shape index (κ2) is 8.83. The smallest absolute Gasteiger partial charge is 0.358 e. The number of benzene rings is 1. The molecule has 2 aromatic rings.